The Morgan fingerprint density at radius 2 is 2.13 bits per heavy atom. The van der Waals surface area contributed by atoms with Crippen LogP contribution in [0.25, 0.3) is 0 Å². The number of rotatable bonds is 3. The van der Waals surface area contributed by atoms with E-state index in [0.29, 0.717) is 6.07 Å². The second-order valence-electron chi connectivity index (χ2n) is 2.72. The number of ketones is 1. The van der Waals surface area contributed by atoms with Crippen molar-refractivity contribution in [2.75, 3.05) is 13.7 Å². The largest absolute Gasteiger partial charge is 0.504 e. The summed E-state index contributed by atoms with van der Waals surface area (Å²) in [5.74, 6) is -4.56. The fraction of sp³-hybridized carbons (Fsp3) is 0.222. The van der Waals surface area contributed by atoms with E-state index in [1.54, 1.807) is 0 Å². The third-order valence-electron chi connectivity index (χ3n) is 1.83. The van der Waals surface area contributed by atoms with Crippen LogP contribution in [-0.4, -0.2) is 24.5 Å². The minimum absolute atomic E-state index is 0.432. The van der Waals surface area contributed by atoms with Crippen LogP contribution >= 0.6 is 0 Å². The van der Waals surface area contributed by atoms with E-state index in [0.717, 1.165) is 7.11 Å². The predicted octanol–water partition coefficient (Wildman–Crippen LogP) is 0.820. The molecule has 0 radical (unpaired) electrons. The van der Waals surface area contributed by atoms with Crippen LogP contribution in [0.3, 0.4) is 0 Å². The number of phenols is 1. The molecule has 0 saturated heterocycles. The first-order chi connectivity index (χ1) is 7.02. The molecular weight excluding hydrogens is 208 g/mol. The highest BCUT2D eigenvalue weighted by Crippen LogP contribution is 2.33. The van der Waals surface area contributed by atoms with Gasteiger partial charge in [-0.25, -0.2) is 8.78 Å². The Balaban J connectivity index is 3.50. The first-order valence-electron chi connectivity index (χ1n) is 4.01. The molecule has 0 aliphatic carbocycles. The van der Waals surface area contributed by atoms with Crippen LogP contribution in [0.2, 0.25) is 0 Å². The minimum Gasteiger partial charge on any atom is -0.504 e. The number of carbonyl (C=O) groups excluding carboxylic acids is 1. The van der Waals surface area contributed by atoms with Crippen molar-refractivity contribution in [3.8, 4) is 11.5 Å². The first-order valence-corrected chi connectivity index (χ1v) is 4.01. The molecule has 0 saturated carbocycles. The lowest BCUT2D eigenvalue weighted by molar-refractivity contribution is 0.0994. The molecule has 0 atom stereocenters. The van der Waals surface area contributed by atoms with Gasteiger partial charge < -0.3 is 15.6 Å². The summed E-state index contributed by atoms with van der Waals surface area (Å²) in [5, 5.41) is 9.24. The van der Waals surface area contributed by atoms with Crippen molar-refractivity contribution in [3.63, 3.8) is 0 Å². The molecule has 1 aromatic carbocycles. The van der Waals surface area contributed by atoms with Gasteiger partial charge in [0.05, 0.1) is 13.7 Å². The van der Waals surface area contributed by atoms with Crippen molar-refractivity contribution in [1.29, 1.82) is 0 Å². The fourth-order valence-corrected chi connectivity index (χ4v) is 1.15. The Morgan fingerprint density at radius 1 is 1.53 bits per heavy atom. The average Bonchev–Trinajstić information content (AvgIpc) is 2.21. The van der Waals surface area contributed by atoms with Crippen LogP contribution in [0, 0.1) is 11.6 Å². The van der Waals surface area contributed by atoms with E-state index in [2.05, 4.69) is 4.74 Å². The molecule has 82 valence electrons. The zero-order valence-electron chi connectivity index (χ0n) is 7.88. The van der Waals surface area contributed by atoms with Gasteiger partial charge in [0.25, 0.3) is 0 Å². The third-order valence-corrected chi connectivity index (χ3v) is 1.83. The van der Waals surface area contributed by atoms with Crippen molar-refractivity contribution in [2.45, 2.75) is 0 Å². The quantitative estimate of drug-likeness (QED) is 0.735. The molecule has 0 bridgehead atoms. The lowest BCUT2D eigenvalue weighted by atomic mass is 10.1. The number of hydrogen-bond donors (Lipinski definition) is 2. The number of phenolic OH excluding ortho intramolecular Hbond substituents is 1. The van der Waals surface area contributed by atoms with Gasteiger partial charge in [-0.3, -0.25) is 4.79 Å². The molecule has 0 heterocycles. The van der Waals surface area contributed by atoms with Gasteiger partial charge in [-0.2, -0.15) is 0 Å². The molecule has 0 aliphatic heterocycles. The average molecular weight is 217 g/mol. The smallest absolute Gasteiger partial charge is 0.184 e. The Hall–Kier alpha value is -1.69. The summed E-state index contributed by atoms with van der Waals surface area (Å²) >= 11 is 0. The van der Waals surface area contributed by atoms with Gasteiger partial charge in [-0.15, -0.1) is 0 Å². The van der Waals surface area contributed by atoms with E-state index in [4.69, 9.17) is 5.73 Å². The van der Waals surface area contributed by atoms with E-state index in [1.807, 2.05) is 0 Å². The number of Topliss-reactive ketones (excluding diaryl/α,β-unsaturated/α-hetero) is 1. The lowest BCUT2D eigenvalue weighted by Gasteiger charge is -2.10. The number of carbonyl (C=O) groups is 1. The lowest BCUT2D eigenvalue weighted by Crippen LogP contribution is -2.16. The Bertz CT molecular complexity index is 407. The number of benzene rings is 1. The summed E-state index contributed by atoms with van der Waals surface area (Å²) in [6, 6.07) is 0.432. The summed E-state index contributed by atoms with van der Waals surface area (Å²) in [6.45, 7) is -0.479. The molecule has 15 heavy (non-hydrogen) atoms. The fourth-order valence-electron chi connectivity index (χ4n) is 1.15. The van der Waals surface area contributed by atoms with Crippen LogP contribution in [0.15, 0.2) is 6.07 Å². The maximum absolute atomic E-state index is 13.1. The van der Waals surface area contributed by atoms with Gasteiger partial charge in [-0.05, 0) is 0 Å². The van der Waals surface area contributed by atoms with Crippen molar-refractivity contribution >= 4 is 5.78 Å². The van der Waals surface area contributed by atoms with Crippen molar-refractivity contribution in [2.24, 2.45) is 5.73 Å². The second-order valence-corrected chi connectivity index (χ2v) is 2.72. The zero-order chi connectivity index (χ0) is 11.6. The Labute approximate surface area is 84.3 Å². The third kappa shape index (κ3) is 1.89. The molecule has 1 rings (SSSR count). The molecule has 0 amide bonds. The molecule has 0 aromatic heterocycles. The number of nitrogens with two attached hydrogens (primary N) is 1. The Kier molecular flexibility index (Phi) is 3.21. The van der Waals surface area contributed by atoms with Crippen molar-refractivity contribution in [3.05, 3.63) is 23.3 Å². The maximum atomic E-state index is 13.1. The highest BCUT2D eigenvalue weighted by atomic mass is 19.1. The molecule has 0 fully saturated rings. The summed E-state index contributed by atoms with van der Waals surface area (Å²) in [7, 11) is 1.10. The highest BCUT2D eigenvalue weighted by molar-refractivity contribution is 6.02. The van der Waals surface area contributed by atoms with E-state index in [9.17, 15) is 18.7 Å². The van der Waals surface area contributed by atoms with Crippen LogP contribution in [0.4, 0.5) is 8.78 Å². The number of aromatic hydroxyl groups is 1. The number of ether oxygens (including phenoxy) is 1. The van der Waals surface area contributed by atoms with Gasteiger partial charge in [0, 0.05) is 6.07 Å². The van der Waals surface area contributed by atoms with Crippen LogP contribution in [-0.2, 0) is 0 Å². The minimum atomic E-state index is -1.23. The van der Waals surface area contributed by atoms with Gasteiger partial charge in [0.2, 0.25) is 0 Å². The van der Waals surface area contributed by atoms with E-state index in [-0.39, 0.29) is 0 Å². The van der Waals surface area contributed by atoms with Gasteiger partial charge in [0.1, 0.15) is 5.56 Å². The topological polar surface area (TPSA) is 72.5 Å². The molecule has 0 aliphatic rings. The standard InChI is InChI=1S/C9H9F2NO3/c1-15-9-5(11)2-4(10)8(14)7(9)6(13)3-12/h2,14H,3,12H2,1H3. The molecule has 6 heteroatoms. The SMILES string of the molecule is COc1c(F)cc(F)c(O)c1C(=O)CN. The number of halogens is 2. The van der Waals surface area contributed by atoms with Gasteiger partial charge in [0.15, 0.2) is 28.9 Å². The highest BCUT2D eigenvalue weighted by Gasteiger charge is 2.23. The summed E-state index contributed by atoms with van der Waals surface area (Å²) < 4.78 is 30.6. The molecular formula is C9H9F2NO3. The van der Waals surface area contributed by atoms with E-state index < -0.39 is 41.0 Å². The van der Waals surface area contributed by atoms with Crippen LogP contribution in [0.1, 0.15) is 10.4 Å². The van der Waals surface area contributed by atoms with Crippen molar-refractivity contribution < 1.29 is 23.4 Å². The maximum Gasteiger partial charge on any atom is 0.184 e. The van der Waals surface area contributed by atoms with Crippen LogP contribution < -0.4 is 10.5 Å². The monoisotopic (exact) mass is 217 g/mol. The zero-order valence-corrected chi connectivity index (χ0v) is 7.88. The predicted molar refractivity (Wildman–Crippen MR) is 48.0 cm³/mol. The molecule has 3 N–H and O–H groups in total. The summed E-state index contributed by atoms with van der Waals surface area (Å²) in [4.78, 5) is 11.2. The van der Waals surface area contributed by atoms with Gasteiger partial charge >= 0.3 is 0 Å². The normalized spacial score (nSPS) is 10.1. The van der Waals surface area contributed by atoms with E-state index >= 15 is 0 Å². The second kappa shape index (κ2) is 4.22. The number of hydrogen-bond acceptors (Lipinski definition) is 4. The summed E-state index contributed by atoms with van der Waals surface area (Å²) in [5.41, 5.74) is 4.46. The number of methoxy groups -OCH3 is 1. The Morgan fingerprint density at radius 3 is 2.60 bits per heavy atom. The summed E-state index contributed by atoms with van der Waals surface area (Å²) in [6.07, 6.45) is 0. The molecule has 0 spiro atoms. The molecule has 0 unspecified atom stereocenters. The first kappa shape index (κ1) is 11.4. The van der Waals surface area contributed by atoms with Crippen molar-refractivity contribution in [1.82, 2.24) is 0 Å². The van der Waals surface area contributed by atoms with Gasteiger partial charge in [-0.1, -0.05) is 0 Å². The molecule has 1 aromatic rings. The molecule has 4 nitrogen and oxygen atoms in total. The van der Waals surface area contributed by atoms with Crippen LogP contribution in [0.5, 0.6) is 11.5 Å². The van der Waals surface area contributed by atoms with E-state index in [1.165, 1.54) is 0 Å².